The number of pyridine rings is 1. The summed E-state index contributed by atoms with van der Waals surface area (Å²) in [6.07, 6.45) is 0. The summed E-state index contributed by atoms with van der Waals surface area (Å²) in [4.78, 5) is 27.8. The van der Waals surface area contributed by atoms with Gasteiger partial charge in [-0.1, -0.05) is 24.3 Å². The Kier molecular flexibility index (Phi) is 4.29. The summed E-state index contributed by atoms with van der Waals surface area (Å²) < 4.78 is 5.44. The Hall–Kier alpha value is -2.80. The van der Waals surface area contributed by atoms with Gasteiger partial charge in [-0.25, -0.2) is 4.98 Å². The minimum atomic E-state index is -0.340. The van der Waals surface area contributed by atoms with Gasteiger partial charge in [0.05, 0.1) is 16.9 Å². The lowest BCUT2D eigenvalue weighted by Crippen LogP contribution is -2.26. The Labute approximate surface area is 136 Å². The van der Waals surface area contributed by atoms with Crippen molar-refractivity contribution >= 4 is 33.4 Å². The summed E-state index contributed by atoms with van der Waals surface area (Å²) in [7, 11) is 1.52. The fraction of sp³-hybridized carbons (Fsp3) is 0.125. The number of aromatic nitrogens is 2. The highest BCUT2D eigenvalue weighted by atomic mass is 32.1. The first-order valence-electron chi connectivity index (χ1n) is 6.99. The van der Waals surface area contributed by atoms with Gasteiger partial charge in [-0.15, -0.1) is 0 Å². The van der Waals surface area contributed by atoms with Gasteiger partial charge in [0.1, 0.15) is 11.4 Å². The molecular weight excluding hydrogens is 312 g/mol. The van der Waals surface area contributed by atoms with Crippen molar-refractivity contribution in [1.29, 1.82) is 0 Å². The van der Waals surface area contributed by atoms with Crippen LogP contribution in [0.5, 0.6) is 0 Å². The molecule has 23 heavy (non-hydrogen) atoms. The van der Waals surface area contributed by atoms with Crippen molar-refractivity contribution in [3.8, 4) is 0 Å². The predicted octanol–water partition coefficient (Wildman–Crippen LogP) is 1.98. The summed E-state index contributed by atoms with van der Waals surface area (Å²) in [6, 6.07) is 12.6. The molecule has 0 spiro atoms. The van der Waals surface area contributed by atoms with Crippen LogP contribution in [0.15, 0.2) is 42.5 Å². The Bertz CT molecular complexity index is 875. The fourth-order valence-corrected chi connectivity index (χ4v) is 2.93. The molecule has 0 radical (unpaired) electrons. The van der Waals surface area contributed by atoms with E-state index >= 15 is 0 Å². The van der Waals surface area contributed by atoms with E-state index in [1.807, 2.05) is 24.3 Å². The molecule has 3 rings (SSSR count). The second-order valence-corrected chi connectivity index (χ2v) is 5.60. The van der Waals surface area contributed by atoms with Gasteiger partial charge in [-0.2, -0.15) is 4.37 Å². The lowest BCUT2D eigenvalue weighted by atomic mass is 10.2. The maximum Gasteiger partial charge on any atom is 0.270 e. The molecule has 3 aromatic rings. The third kappa shape index (κ3) is 3.19. The van der Waals surface area contributed by atoms with Crippen LogP contribution in [0.1, 0.15) is 26.7 Å². The highest BCUT2D eigenvalue weighted by Crippen LogP contribution is 2.21. The summed E-state index contributed by atoms with van der Waals surface area (Å²) in [5.74, 6) is -0.669. The number of carbonyl (C=O) groups excluding carboxylic acids is 2. The van der Waals surface area contributed by atoms with E-state index in [1.54, 1.807) is 18.2 Å². The van der Waals surface area contributed by atoms with Crippen molar-refractivity contribution in [2.75, 3.05) is 7.05 Å². The zero-order valence-corrected chi connectivity index (χ0v) is 13.2. The van der Waals surface area contributed by atoms with Crippen LogP contribution in [0.25, 0.3) is 10.1 Å². The topological polar surface area (TPSA) is 84.0 Å². The van der Waals surface area contributed by atoms with E-state index in [0.717, 1.165) is 15.8 Å². The van der Waals surface area contributed by atoms with Crippen LogP contribution < -0.4 is 10.6 Å². The number of amides is 2. The van der Waals surface area contributed by atoms with Crippen LogP contribution in [0.2, 0.25) is 0 Å². The van der Waals surface area contributed by atoms with E-state index in [1.165, 1.54) is 18.6 Å². The van der Waals surface area contributed by atoms with Crippen molar-refractivity contribution in [2.45, 2.75) is 6.54 Å². The summed E-state index contributed by atoms with van der Waals surface area (Å²) >= 11 is 1.40. The van der Waals surface area contributed by atoms with Crippen LogP contribution in [-0.4, -0.2) is 28.2 Å². The quantitative estimate of drug-likeness (QED) is 0.768. The monoisotopic (exact) mass is 326 g/mol. The molecule has 0 saturated heterocycles. The molecule has 0 atom stereocenters. The number of benzene rings is 1. The smallest absolute Gasteiger partial charge is 0.270 e. The zero-order valence-electron chi connectivity index (χ0n) is 12.4. The first-order chi connectivity index (χ1) is 11.2. The molecule has 2 N–H and O–H groups in total. The van der Waals surface area contributed by atoms with Gasteiger partial charge in [-0.3, -0.25) is 9.59 Å². The van der Waals surface area contributed by atoms with Gasteiger partial charge in [0.2, 0.25) is 0 Å². The summed E-state index contributed by atoms with van der Waals surface area (Å²) in [5.41, 5.74) is 1.23. The number of nitrogens with one attached hydrogen (secondary N) is 2. The molecule has 0 fully saturated rings. The SMILES string of the molecule is CNC(=O)c1cccc(C(=O)NCc2nsc3ccccc23)n1. The largest absolute Gasteiger partial charge is 0.354 e. The van der Waals surface area contributed by atoms with Gasteiger partial charge in [-0.05, 0) is 29.7 Å². The standard InChI is InChI=1S/C16H14N4O2S/c1-17-15(21)11-6-4-7-12(19-11)16(22)18-9-13-10-5-2-3-8-14(10)23-20-13/h2-8H,9H2,1H3,(H,17,21)(H,18,22). The average molecular weight is 326 g/mol. The molecule has 0 saturated carbocycles. The van der Waals surface area contributed by atoms with Crippen LogP contribution in [0.4, 0.5) is 0 Å². The van der Waals surface area contributed by atoms with E-state index in [9.17, 15) is 9.59 Å². The lowest BCUT2D eigenvalue weighted by Gasteiger charge is -2.05. The van der Waals surface area contributed by atoms with Gasteiger partial charge in [0.15, 0.2) is 0 Å². The molecule has 0 unspecified atom stereocenters. The molecule has 0 bridgehead atoms. The first kappa shape index (κ1) is 15.1. The highest BCUT2D eigenvalue weighted by molar-refractivity contribution is 7.13. The summed E-state index contributed by atoms with van der Waals surface area (Å²) in [5, 5.41) is 6.30. The molecule has 1 aromatic carbocycles. The fourth-order valence-electron chi connectivity index (χ4n) is 2.14. The molecule has 116 valence electrons. The Balaban J connectivity index is 1.73. The van der Waals surface area contributed by atoms with Crippen molar-refractivity contribution in [3.63, 3.8) is 0 Å². The normalized spacial score (nSPS) is 10.5. The molecule has 0 aliphatic carbocycles. The maximum absolute atomic E-state index is 12.2. The first-order valence-corrected chi connectivity index (χ1v) is 7.77. The van der Waals surface area contributed by atoms with E-state index < -0.39 is 0 Å². The van der Waals surface area contributed by atoms with E-state index in [2.05, 4.69) is 20.0 Å². The summed E-state index contributed by atoms with van der Waals surface area (Å²) in [6.45, 7) is 0.314. The van der Waals surface area contributed by atoms with Crippen LogP contribution in [0, 0.1) is 0 Å². The van der Waals surface area contributed by atoms with Gasteiger partial charge in [0.25, 0.3) is 11.8 Å². The molecular formula is C16H14N4O2S. The molecule has 7 heteroatoms. The number of hydrogen-bond donors (Lipinski definition) is 2. The zero-order chi connectivity index (χ0) is 16.2. The van der Waals surface area contributed by atoms with Crippen molar-refractivity contribution in [3.05, 3.63) is 59.5 Å². The molecule has 2 heterocycles. The lowest BCUT2D eigenvalue weighted by molar-refractivity contribution is 0.0944. The molecule has 6 nitrogen and oxygen atoms in total. The number of nitrogens with zero attached hydrogens (tertiary/aromatic N) is 2. The highest BCUT2D eigenvalue weighted by Gasteiger charge is 2.12. The van der Waals surface area contributed by atoms with Gasteiger partial charge < -0.3 is 10.6 Å². The maximum atomic E-state index is 12.2. The van der Waals surface area contributed by atoms with Gasteiger partial charge >= 0.3 is 0 Å². The predicted molar refractivity (Wildman–Crippen MR) is 88.4 cm³/mol. The number of fused-ring (bicyclic) bond motifs is 1. The second kappa shape index (κ2) is 6.53. The van der Waals surface area contributed by atoms with Crippen molar-refractivity contribution < 1.29 is 9.59 Å². The van der Waals surface area contributed by atoms with Crippen LogP contribution in [-0.2, 0) is 6.54 Å². The Morgan fingerprint density at radius 3 is 2.57 bits per heavy atom. The second-order valence-electron chi connectivity index (χ2n) is 4.80. The van der Waals surface area contributed by atoms with Crippen LogP contribution in [0.3, 0.4) is 0 Å². The Morgan fingerprint density at radius 2 is 1.78 bits per heavy atom. The average Bonchev–Trinajstić information content (AvgIpc) is 3.02. The van der Waals surface area contributed by atoms with Crippen LogP contribution >= 0.6 is 11.5 Å². The minimum absolute atomic E-state index is 0.200. The minimum Gasteiger partial charge on any atom is -0.354 e. The third-order valence-electron chi connectivity index (χ3n) is 3.31. The van der Waals surface area contributed by atoms with E-state index in [-0.39, 0.29) is 23.2 Å². The van der Waals surface area contributed by atoms with E-state index in [4.69, 9.17) is 0 Å². The Morgan fingerprint density at radius 1 is 1.04 bits per heavy atom. The molecule has 0 aliphatic heterocycles. The van der Waals surface area contributed by atoms with E-state index in [0.29, 0.717) is 6.54 Å². The van der Waals surface area contributed by atoms with Gasteiger partial charge in [0, 0.05) is 12.4 Å². The van der Waals surface area contributed by atoms with Crippen molar-refractivity contribution in [2.24, 2.45) is 0 Å². The van der Waals surface area contributed by atoms with Crippen molar-refractivity contribution in [1.82, 2.24) is 20.0 Å². The number of hydrogen-bond acceptors (Lipinski definition) is 5. The molecule has 2 aromatic heterocycles. The number of rotatable bonds is 4. The number of carbonyl (C=O) groups is 2. The molecule has 0 aliphatic rings. The third-order valence-corrected chi connectivity index (χ3v) is 4.17. The molecule has 2 amide bonds.